The number of halogens is 1. The number of aromatic nitrogens is 3. The molecule has 0 fully saturated rings. The number of nitrogens with one attached hydrogen (secondary N) is 1. The monoisotopic (exact) mass is 270 g/mol. The topological polar surface area (TPSA) is 76.2 Å². The Morgan fingerprint density at radius 2 is 2.27 bits per heavy atom. The Balaban J connectivity index is 2.82. The summed E-state index contributed by atoms with van der Waals surface area (Å²) >= 11 is 3.26. The number of H-pyrrole nitrogens is 1. The Bertz CT molecular complexity index is 563. The van der Waals surface area contributed by atoms with Crippen molar-refractivity contribution in [1.29, 1.82) is 0 Å². The van der Waals surface area contributed by atoms with E-state index < -0.39 is 5.54 Å². The van der Waals surface area contributed by atoms with Gasteiger partial charge in [0.1, 0.15) is 5.52 Å². The molecule has 3 N–H and O–H groups in total. The highest BCUT2D eigenvalue weighted by molar-refractivity contribution is 9.10. The minimum absolute atomic E-state index is 0.191. The minimum atomic E-state index is -0.586. The fraction of sp³-hybridized carbons (Fsp3) is 0.333. The van der Waals surface area contributed by atoms with Crippen molar-refractivity contribution in [2.24, 2.45) is 5.73 Å². The van der Waals surface area contributed by atoms with Crippen molar-refractivity contribution in [2.75, 3.05) is 0 Å². The number of nitrogens with two attached hydrogens (primary N) is 1. The molecule has 0 radical (unpaired) electrons. The van der Waals surface area contributed by atoms with Gasteiger partial charge in [0, 0.05) is 6.20 Å². The molecule has 2 heterocycles. The Morgan fingerprint density at radius 1 is 1.60 bits per heavy atom. The minimum Gasteiger partial charge on any atom is -0.321 e. The smallest absolute Gasteiger partial charge is 0.274 e. The van der Waals surface area contributed by atoms with E-state index in [2.05, 4.69) is 25.9 Å². The first-order valence-electron chi connectivity index (χ1n) is 4.45. The van der Waals surface area contributed by atoms with E-state index in [4.69, 9.17) is 5.73 Å². The van der Waals surface area contributed by atoms with Gasteiger partial charge in [0.15, 0.2) is 4.73 Å². The Labute approximate surface area is 94.5 Å². The van der Waals surface area contributed by atoms with Crippen LogP contribution in [0.15, 0.2) is 21.9 Å². The van der Waals surface area contributed by atoms with E-state index in [-0.39, 0.29) is 5.56 Å². The maximum Gasteiger partial charge on any atom is 0.274 e. The standard InChI is InChI=1S/C9H11BrN4O/c1-9(2,11)6-4-14-5(7(15)13-6)3-12-8(14)10/h3-4H,11H2,1-2H3,(H,13,15). The summed E-state index contributed by atoms with van der Waals surface area (Å²) in [5, 5.41) is 0. The Kier molecular flexibility index (Phi) is 2.20. The third kappa shape index (κ3) is 1.70. The summed E-state index contributed by atoms with van der Waals surface area (Å²) in [7, 11) is 0. The van der Waals surface area contributed by atoms with Gasteiger partial charge in [-0.15, -0.1) is 0 Å². The van der Waals surface area contributed by atoms with E-state index in [1.54, 1.807) is 10.6 Å². The van der Waals surface area contributed by atoms with Gasteiger partial charge in [-0.05, 0) is 29.8 Å². The molecule has 0 aliphatic heterocycles. The number of hydrogen-bond acceptors (Lipinski definition) is 3. The Morgan fingerprint density at radius 3 is 2.87 bits per heavy atom. The highest BCUT2D eigenvalue weighted by atomic mass is 79.9. The van der Waals surface area contributed by atoms with Crippen molar-refractivity contribution in [1.82, 2.24) is 14.4 Å². The third-order valence-electron chi connectivity index (χ3n) is 2.18. The molecule has 2 aromatic heterocycles. The number of fused-ring (bicyclic) bond motifs is 1. The van der Waals surface area contributed by atoms with Gasteiger partial charge >= 0.3 is 0 Å². The lowest BCUT2D eigenvalue weighted by atomic mass is 10.0. The third-order valence-corrected chi connectivity index (χ3v) is 2.77. The van der Waals surface area contributed by atoms with E-state index in [1.165, 1.54) is 6.20 Å². The van der Waals surface area contributed by atoms with Gasteiger partial charge in [0.2, 0.25) is 0 Å². The first-order valence-corrected chi connectivity index (χ1v) is 5.24. The zero-order valence-electron chi connectivity index (χ0n) is 8.41. The molecule has 6 heteroatoms. The summed E-state index contributed by atoms with van der Waals surface area (Å²) in [5.74, 6) is 0. The molecule has 15 heavy (non-hydrogen) atoms. The maximum absolute atomic E-state index is 11.7. The lowest BCUT2D eigenvalue weighted by Crippen LogP contribution is -2.32. The first-order chi connectivity index (χ1) is 6.89. The second-order valence-corrected chi connectivity index (χ2v) is 4.71. The maximum atomic E-state index is 11.7. The molecule has 0 atom stereocenters. The van der Waals surface area contributed by atoms with Crippen molar-refractivity contribution >= 4 is 21.4 Å². The summed E-state index contributed by atoms with van der Waals surface area (Å²) in [6.07, 6.45) is 3.28. The predicted octanol–water partition coefficient (Wildman–Crippen LogP) is 0.979. The molecule has 0 unspecified atom stereocenters. The molecule has 80 valence electrons. The number of imidazole rings is 1. The first kappa shape index (κ1) is 10.4. The van der Waals surface area contributed by atoms with Gasteiger partial charge in [-0.3, -0.25) is 9.20 Å². The fourth-order valence-corrected chi connectivity index (χ4v) is 1.70. The van der Waals surface area contributed by atoms with Crippen molar-refractivity contribution in [3.63, 3.8) is 0 Å². The summed E-state index contributed by atoms with van der Waals surface area (Å²) in [6, 6.07) is 0. The van der Waals surface area contributed by atoms with E-state index in [9.17, 15) is 4.79 Å². The van der Waals surface area contributed by atoms with Crippen LogP contribution >= 0.6 is 15.9 Å². The van der Waals surface area contributed by atoms with E-state index >= 15 is 0 Å². The zero-order chi connectivity index (χ0) is 11.2. The summed E-state index contributed by atoms with van der Waals surface area (Å²) in [4.78, 5) is 18.4. The van der Waals surface area contributed by atoms with Crippen LogP contribution in [0, 0.1) is 0 Å². The number of aromatic amines is 1. The summed E-state index contributed by atoms with van der Waals surface area (Å²) in [5.41, 5.74) is 6.30. The van der Waals surface area contributed by atoms with Crippen LogP contribution in [0.1, 0.15) is 19.5 Å². The second kappa shape index (κ2) is 3.18. The van der Waals surface area contributed by atoms with E-state index in [1.807, 2.05) is 13.8 Å². The fourth-order valence-electron chi connectivity index (χ4n) is 1.30. The van der Waals surface area contributed by atoms with E-state index in [0.717, 1.165) is 0 Å². The van der Waals surface area contributed by atoms with Crippen molar-refractivity contribution < 1.29 is 0 Å². The number of nitrogens with zero attached hydrogens (tertiary/aromatic N) is 2. The van der Waals surface area contributed by atoms with Gasteiger partial charge < -0.3 is 10.7 Å². The lowest BCUT2D eigenvalue weighted by Gasteiger charge is -2.18. The van der Waals surface area contributed by atoms with Crippen LogP contribution in [0.5, 0.6) is 0 Å². The SMILES string of the molecule is CC(C)(N)c1cn2c(Br)ncc2c(=O)[nH]1. The van der Waals surface area contributed by atoms with Crippen LogP contribution in [0.3, 0.4) is 0 Å². The molecular formula is C9H11BrN4O. The molecule has 0 amide bonds. The van der Waals surface area contributed by atoms with Gasteiger partial charge in [0.25, 0.3) is 5.56 Å². The highest BCUT2D eigenvalue weighted by Gasteiger charge is 2.17. The van der Waals surface area contributed by atoms with Crippen molar-refractivity contribution in [3.8, 4) is 0 Å². The molecule has 5 nitrogen and oxygen atoms in total. The van der Waals surface area contributed by atoms with Crippen molar-refractivity contribution in [3.05, 3.63) is 33.2 Å². The average molecular weight is 271 g/mol. The molecule has 2 aromatic rings. The van der Waals surface area contributed by atoms with Crippen molar-refractivity contribution in [2.45, 2.75) is 19.4 Å². The average Bonchev–Trinajstić information content (AvgIpc) is 2.47. The van der Waals surface area contributed by atoms with Crippen LogP contribution in [-0.4, -0.2) is 14.4 Å². The van der Waals surface area contributed by atoms with E-state index in [0.29, 0.717) is 15.9 Å². The van der Waals surface area contributed by atoms with Crippen LogP contribution in [0.25, 0.3) is 5.52 Å². The summed E-state index contributed by atoms with van der Waals surface area (Å²) < 4.78 is 2.26. The van der Waals surface area contributed by atoms with Crippen LogP contribution in [0.4, 0.5) is 0 Å². The zero-order valence-corrected chi connectivity index (χ0v) is 10.00. The molecular weight excluding hydrogens is 260 g/mol. The second-order valence-electron chi connectivity index (χ2n) is 4.00. The van der Waals surface area contributed by atoms with Gasteiger partial charge in [0.05, 0.1) is 17.4 Å². The number of hydrogen-bond donors (Lipinski definition) is 2. The quantitative estimate of drug-likeness (QED) is 0.811. The van der Waals surface area contributed by atoms with Gasteiger partial charge in [-0.25, -0.2) is 4.98 Å². The van der Waals surface area contributed by atoms with Crippen LogP contribution in [-0.2, 0) is 5.54 Å². The highest BCUT2D eigenvalue weighted by Crippen LogP contribution is 2.15. The molecule has 0 spiro atoms. The predicted molar refractivity (Wildman–Crippen MR) is 60.7 cm³/mol. The lowest BCUT2D eigenvalue weighted by molar-refractivity contribution is 0.529. The number of rotatable bonds is 1. The largest absolute Gasteiger partial charge is 0.321 e. The van der Waals surface area contributed by atoms with Crippen LogP contribution < -0.4 is 11.3 Å². The molecule has 0 aliphatic carbocycles. The Hall–Kier alpha value is -1.14. The van der Waals surface area contributed by atoms with Gasteiger partial charge in [-0.2, -0.15) is 0 Å². The molecule has 0 saturated heterocycles. The van der Waals surface area contributed by atoms with Gasteiger partial charge in [-0.1, -0.05) is 0 Å². The molecule has 0 bridgehead atoms. The molecule has 0 saturated carbocycles. The summed E-state index contributed by atoms with van der Waals surface area (Å²) in [6.45, 7) is 3.66. The molecule has 0 aromatic carbocycles. The molecule has 0 aliphatic rings. The molecule has 2 rings (SSSR count). The normalized spacial score (nSPS) is 12.3. The van der Waals surface area contributed by atoms with Crippen LogP contribution in [0.2, 0.25) is 0 Å².